The van der Waals surface area contributed by atoms with E-state index >= 15 is 0 Å². The maximum atomic E-state index is 12.6. The molecule has 118 valence electrons. The van der Waals surface area contributed by atoms with Crippen molar-refractivity contribution >= 4 is 16.1 Å². The summed E-state index contributed by atoms with van der Waals surface area (Å²) < 4.78 is 23.9. The minimum Gasteiger partial charge on any atom is -0.302 e. The zero-order valence-electron chi connectivity index (χ0n) is 13.0. The summed E-state index contributed by atoms with van der Waals surface area (Å²) in [5.41, 5.74) is 0. The Bertz CT molecular complexity index is 522. The van der Waals surface area contributed by atoms with Gasteiger partial charge in [-0.05, 0) is 25.5 Å². The number of benzene rings is 1. The molecule has 1 atom stereocenters. The minimum absolute atomic E-state index is 0.227. The van der Waals surface area contributed by atoms with Gasteiger partial charge in [0.05, 0.1) is 4.90 Å². The van der Waals surface area contributed by atoms with Crippen LogP contribution in [0.15, 0.2) is 35.2 Å². The number of carbonyl (C=O) groups excluding carboxylic acids is 1. The first-order chi connectivity index (χ1) is 9.98. The van der Waals surface area contributed by atoms with Crippen molar-refractivity contribution in [1.29, 1.82) is 0 Å². The molecule has 1 rings (SSSR count). The molecule has 0 N–H and O–H groups in total. The summed E-state index contributed by atoms with van der Waals surface area (Å²) in [6.07, 6.45) is 7.43. The van der Waals surface area contributed by atoms with Gasteiger partial charge in [-0.15, -0.1) is 0 Å². The third-order valence-corrected chi connectivity index (χ3v) is 6.36. The molecule has 1 unspecified atom stereocenters. The highest BCUT2D eigenvalue weighted by Crippen LogP contribution is 2.29. The van der Waals surface area contributed by atoms with Gasteiger partial charge in [-0.1, -0.05) is 63.6 Å². The van der Waals surface area contributed by atoms with Crippen LogP contribution in [0.1, 0.15) is 58.8 Å². The van der Waals surface area contributed by atoms with Gasteiger partial charge in [0.15, 0.2) is 9.84 Å². The number of carbonyl (C=O) groups is 1. The van der Waals surface area contributed by atoms with Crippen LogP contribution in [0.4, 0.5) is 0 Å². The monoisotopic (exact) mass is 310 g/mol. The molecule has 0 aliphatic heterocycles. The molecule has 0 aliphatic rings. The molecule has 4 heteroatoms. The lowest BCUT2D eigenvalue weighted by Crippen LogP contribution is -2.37. The molecule has 0 fully saturated rings. The Morgan fingerprint density at radius 3 is 2.14 bits per heavy atom. The summed E-state index contributed by atoms with van der Waals surface area (Å²) in [7, 11) is -3.62. The van der Waals surface area contributed by atoms with Crippen LogP contribution in [0.25, 0.3) is 0 Å². The average Bonchev–Trinajstić information content (AvgIpc) is 2.51. The highest BCUT2D eigenvalue weighted by molar-refractivity contribution is 7.93. The predicted octanol–water partition coefficient (Wildman–Crippen LogP) is 4.17. The molecule has 0 heterocycles. The van der Waals surface area contributed by atoms with Crippen molar-refractivity contribution in [3.63, 3.8) is 0 Å². The maximum absolute atomic E-state index is 12.6. The van der Waals surface area contributed by atoms with Crippen molar-refractivity contribution in [2.75, 3.05) is 0 Å². The van der Waals surface area contributed by atoms with Crippen molar-refractivity contribution in [2.45, 2.75) is 68.4 Å². The molecule has 1 aromatic carbocycles. The fourth-order valence-electron chi connectivity index (χ4n) is 2.38. The maximum Gasteiger partial charge on any atom is 0.190 e. The summed E-state index contributed by atoms with van der Waals surface area (Å²) in [6, 6.07) is 8.24. The van der Waals surface area contributed by atoms with Crippen molar-refractivity contribution in [3.05, 3.63) is 30.3 Å². The molecule has 0 saturated carbocycles. The topological polar surface area (TPSA) is 51.2 Å². The minimum atomic E-state index is -3.62. The summed E-state index contributed by atoms with van der Waals surface area (Å²) in [6.45, 7) is 3.70. The molecular formula is C17H26O3S. The highest BCUT2D eigenvalue weighted by Gasteiger charge is 2.39. The van der Waals surface area contributed by atoms with E-state index in [-0.39, 0.29) is 4.90 Å². The van der Waals surface area contributed by atoms with E-state index in [1.807, 2.05) is 0 Å². The van der Waals surface area contributed by atoms with Crippen LogP contribution in [-0.4, -0.2) is 19.5 Å². The smallest absolute Gasteiger partial charge is 0.190 e. The van der Waals surface area contributed by atoms with E-state index < -0.39 is 14.6 Å². The lowest BCUT2D eigenvalue weighted by molar-refractivity contribution is -0.109. The summed E-state index contributed by atoms with van der Waals surface area (Å²) in [5.74, 6) is 0. The van der Waals surface area contributed by atoms with Crippen LogP contribution in [0.5, 0.6) is 0 Å². The standard InChI is InChI=1S/C17H26O3S/c1-3-4-5-6-7-11-14-17(2,15-18)21(19,20)16-12-9-8-10-13-16/h8-10,12-13,15H,3-7,11,14H2,1-2H3. The summed E-state index contributed by atoms with van der Waals surface area (Å²) in [5, 5.41) is 0. The van der Waals surface area contributed by atoms with Crippen molar-refractivity contribution in [2.24, 2.45) is 0 Å². The summed E-state index contributed by atoms with van der Waals surface area (Å²) >= 11 is 0. The zero-order chi connectivity index (χ0) is 15.8. The first kappa shape index (κ1) is 17.9. The molecule has 21 heavy (non-hydrogen) atoms. The lowest BCUT2D eigenvalue weighted by atomic mass is 10.0. The van der Waals surface area contributed by atoms with E-state index in [1.165, 1.54) is 26.2 Å². The quantitative estimate of drug-likeness (QED) is 0.481. The Morgan fingerprint density at radius 2 is 1.57 bits per heavy atom. The normalized spacial score (nSPS) is 14.6. The Kier molecular flexibility index (Phi) is 7.09. The van der Waals surface area contributed by atoms with Gasteiger partial charge in [0.25, 0.3) is 0 Å². The van der Waals surface area contributed by atoms with Gasteiger partial charge in [0.1, 0.15) is 11.0 Å². The predicted molar refractivity (Wildman–Crippen MR) is 86.1 cm³/mol. The van der Waals surface area contributed by atoms with Crippen molar-refractivity contribution in [3.8, 4) is 0 Å². The lowest BCUT2D eigenvalue weighted by Gasteiger charge is -2.23. The molecule has 0 aliphatic carbocycles. The van der Waals surface area contributed by atoms with E-state index in [9.17, 15) is 13.2 Å². The zero-order valence-corrected chi connectivity index (χ0v) is 13.9. The van der Waals surface area contributed by atoms with Crippen molar-refractivity contribution < 1.29 is 13.2 Å². The van der Waals surface area contributed by atoms with E-state index in [0.29, 0.717) is 12.7 Å². The average molecular weight is 310 g/mol. The van der Waals surface area contributed by atoms with Crippen LogP contribution in [-0.2, 0) is 14.6 Å². The largest absolute Gasteiger partial charge is 0.302 e. The van der Waals surface area contributed by atoms with Crippen LogP contribution in [0.2, 0.25) is 0 Å². The molecule has 0 aromatic heterocycles. The van der Waals surface area contributed by atoms with Gasteiger partial charge < -0.3 is 4.79 Å². The number of aldehydes is 1. The van der Waals surface area contributed by atoms with Gasteiger partial charge in [0, 0.05) is 0 Å². The molecule has 0 radical (unpaired) electrons. The number of hydrogen-bond acceptors (Lipinski definition) is 3. The SMILES string of the molecule is CCCCCCCCC(C)(C=O)S(=O)(=O)c1ccccc1. The third-order valence-electron chi connectivity index (χ3n) is 3.94. The van der Waals surface area contributed by atoms with E-state index in [2.05, 4.69) is 6.92 Å². The van der Waals surface area contributed by atoms with Crippen LogP contribution < -0.4 is 0 Å². The first-order valence-corrected chi connectivity index (χ1v) is 9.22. The second-order valence-corrected chi connectivity index (χ2v) is 8.18. The van der Waals surface area contributed by atoms with Crippen LogP contribution in [0.3, 0.4) is 0 Å². The van der Waals surface area contributed by atoms with Crippen LogP contribution >= 0.6 is 0 Å². The van der Waals surface area contributed by atoms with Gasteiger partial charge in [0.2, 0.25) is 0 Å². The second-order valence-electron chi connectivity index (χ2n) is 5.76. The number of rotatable bonds is 10. The van der Waals surface area contributed by atoms with Gasteiger partial charge in [-0.2, -0.15) is 0 Å². The van der Waals surface area contributed by atoms with Gasteiger partial charge in [-0.3, -0.25) is 0 Å². The Morgan fingerprint density at radius 1 is 1.00 bits per heavy atom. The molecule has 1 aromatic rings. The van der Waals surface area contributed by atoms with E-state index in [1.54, 1.807) is 30.3 Å². The Labute approximate surface area is 128 Å². The molecule has 0 bridgehead atoms. The summed E-state index contributed by atoms with van der Waals surface area (Å²) in [4.78, 5) is 11.7. The van der Waals surface area contributed by atoms with Crippen LogP contribution in [0, 0.1) is 0 Å². The Hall–Kier alpha value is -1.16. The second kappa shape index (κ2) is 8.32. The number of hydrogen-bond donors (Lipinski definition) is 0. The molecule has 0 spiro atoms. The molecular weight excluding hydrogens is 284 g/mol. The first-order valence-electron chi connectivity index (χ1n) is 7.74. The number of sulfone groups is 1. The van der Waals surface area contributed by atoms with Gasteiger partial charge in [-0.25, -0.2) is 8.42 Å². The van der Waals surface area contributed by atoms with Crippen molar-refractivity contribution in [1.82, 2.24) is 0 Å². The van der Waals surface area contributed by atoms with Gasteiger partial charge >= 0.3 is 0 Å². The third kappa shape index (κ3) is 4.67. The van der Waals surface area contributed by atoms with E-state index in [4.69, 9.17) is 0 Å². The molecule has 3 nitrogen and oxygen atoms in total. The fourth-order valence-corrected chi connectivity index (χ4v) is 3.98. The fraction of sp³-hybridized carbons (Fsp3) is 0.588. The number of unbranched alkanes of at least 4 members (excludes halogenated alkanes) is 5. The van der Waals surface area contributed by atoms with E-state index in [0.717, 1.165) is 19.3 Å². The molecule has 0 amide bonds. The Balaban J connectivity index is 2.69. The highest BCUT2D eigenvalue weighted by atomic mass is 32.2. The molecule has 0 saturated heterocycles.